The molecule has 0 fully saturated rings. The van der Waals surface area contributed by atoms with Crippen LogP contribution < -0.4 is 30.0 Å². The fourth-order valence-electron chi connectivity index (χ4n) is 2.42. The van der Waals surface area contributed by atoms with Crippen LogP contribution in [0.2, 0.25) is 0 Å². The van der Waals surface area contributed by atoms with Crippen molar-refractivity contribution in [2.24, 2.45) is 5.73 Å². The first-order valence-corrected chi connectivity index (χ1v) is 8.07. The molecule has 0 bridgehead atoms. The molecular weight excluding hydrogens is 352 g/mol. The van der Waals surface area contributed by atoms with Gasteiger partial charge in [-0.1, -0.05) is 18.2 Å². The summed E-state index contributed by atoms with van der Waals surface area (Å²) in [7, 11) is 4.41. The predicted octanol–water partition coefficient (Wildman–Crippen LogP) is 1.51. The van der Waals surface area contributed by atoms with Gasteiger partial charge in [0.2, 0.25) is 5.75 Å². The Morgan fingerprint density at radius 1 is 0.963 bits per heavy atom. The predicted molar refractivity (Wildman–Crippen MR) is 98.4 cm³/mol. The molecule has 27 heavy (non-hydrogen) atoms. The maximum absolute atomic E-state index is 12.6. The first-order valence-electron chi connectivity index (χ1n) is 8.07. The zero-order valence-electron chi connectivity index (χ0n) is 15.4. The molecule has 0 aliphatic heterocycles. The van der Waals surface area contributed by atoms with Crippen LogP contribution >= 0.6 is 0 Å². The number of carbonyl (C=O) groups is 2. The van der Waals surface area contributed by atoms with Crippen molar-refractivity contribution in [3.05, 3.63) is 47.5 Å². The lowest BCUT2D eigenvalue weighted by atomic mass is 10.1. The van der Waals surface area contributed by atoms with Gasteiger partial charge in [0.1, 0.15) is 5.75 Å². The van der Waals surface area contributed by atoms with Gasteiger partial charge in [-0.2, -0.15) is 0 Å². The normalized spacial score (nSPS) is 10.0. The highest BCUT2D eigenvalue weighted by molar-refractivity contribution is 5.95. The van der Waals surface area contributed by atoms with Crippen molar-refractivity contribution in [3.63, 3.8) is 0 Å². The Morgan fingerprint density at radius 3 is 2.11 bits per heavy atom. The smallest absolute Gasteiger partial charge is 0.255 e. The van der Waals surface area contributed by atoms with E-state index in [0.29, 0.717) is 11.3 Å². The number of nitrogens with one attached hydrogen (secondary N) is 1. The Morgan fingerprint density at radius 2 is 1.56 bits per heavy atom. The Hall–Kier alpha value is -3.42. The minimum atomic E-state index is -0.641. The number of rotatable bonds is 9. The SMILES string of the molecule is COc1ccccc1CNC(=O)c1cc(OC)c(OCC(N)=O)c(OC)c1. The fourth-order valence-corrected chi connectivity index (χ4v) is 2.42. The molecule has 2 aromatic rings. The third-order valence-electron chi connectivity index (χ3n) is 3.71. The molecule has 2 aromatic carbocycles. The van der Waals surface area contributed by atoms with Crippen molar-refractivity contribution in [3.8, 4) is 23.0 Å². The molecule has 0 unspecified atom stereocenters. The van der Waals surface area contributed by atoms with Crippen molar-refractivity contribution >= 4 is 11.8 Å². The maximum Gasteiger partial charge on any atom is 0.255 e. The van der Waals surface area contributed by atoms with E-state index in [9.17, 15) is 9.59 Å². The van der Waals surface area contributed by atoms with Gasteiger partial charge >= 0.3 is 0 Å². The monoisotopic (exact) mass is 374 g/mol. The number of ether oxygens (including phenoxy) is 4. The highest BCUT2D eigenvalue weighted by Crippen LogP contribution is 2.38. The van der Waals surface area contributed by atoms with E-state index in [4.69, 9.17) is 24.7 Å². The van der Waals surface area contributed by atoms with Gasteiger partial charge in [0, 0.05) is 17.7 Å². The van der Waals surface area contributed by atoms with E-state index in [1.807, 2.05) is 24.3 Å². The second-order valence-electron chi connectivity index (χ2n) is 5.46. The molecule has 8 nitrogen and oxygen atoms in total. The fraction of sp³-hybridized carbons (Fsp3) is 0.263. The van der Waals surface area contributed by atoms with E-state index < -0.39 is 5.91 Å². The van der Waals surface area contributed by atoms with E-state index in [-0.39, 0.29) is 36.3 Å². The largest absolute Gasteiger partial charge is 0.496 e. The molecule has 0 heterocycles. The molecule has 8 heteroatoms. The quantitative estimate of drug-likeness (QED) is 0.689. The number of benzene rings is 2. The van der Waals surface area contributed by atoms with E-state index >= 15 is 0 Å². The number of methoxy groups -OCH3 is 3. The summed E-state index contributed by atoms with van der Waals surface area (Å²) in [5.41, 5.74) is 6.25. The van der Waals surface area contributed by atoms with Gasteiger partial charge in [0.05, 0.1) is 21.3 Å². The van der Waals surface area contributed by atoms with E-state index in [2.05, 4.69) is 5.32 Å². The lowest BCUT2D eigenvalue weighted by Gasteiger charge is -2.15. The van der Waals surface area contributed by atoms with Crippen LogP contribution in [-0.4, -0.2) is 39.8 Å². The first-order chi connectivity index (χ1) is 13.0. The highest BCUT2D eigenvalue weighted by Gasteiger charge is 2.18. The molecule has 0 atom stereocenters. The molecule has 0 aliphatic rings. The number of hydrogen-bond acceptors (Lipinski definition) is 6. The van der Waals surface area contributed by atoms with E-state index in [1.165, 1.54) is 26.4 Å². The van der Waals surface area contributed by atoms with Gasteiger partial charge in [0.15, 0.2) is 18.1 Å². The Bertz CT molecular complexity index is 797. The summed E-state index contributed by atoms with van der Waals surface area (Å²) in [5, 5.41) is 2.82. The van der Waals surface area contributed by atoms with Gasteiger partial charge in [-0.3, -0.25) is 9.59 Å². The van der Waals surface area contributed by atoms with Crippen LogP contribution in [0.1, 0.15) is 15.9 Å². The van der Waals surface area contributed by atoms with Gasteiger partial charge in [0.25, 0.3) is 11.8 Å². The topological polar surface area (TPSA) is 109 Å². The summed E-state index contributed by atoms with van der Waals surface area (Å²) >= 11 is 0. The summed E-state index contributed by atoms with van der Waals surface area (Å²) in [6, 6.07) is 10.4. The lowest BCUT2D eigenvalue weighted by molar-refractivity contribution is -0.120. The standard InChI is InChI=1S/C19H22N2O6/c1-24-14-7-5-4-6-12(14)10-21-19(23)13-8-15(25-2)18(16(9-13)26-3)27-11-17(20)22/h4-9H,10-11H2,1-3H3,(H2,20,22)(H,21,23). The molecular formula is C19H22N2O6. The molecule has 0 saturated heterocycles. The Balaban J connectivity index is 2.21. The number of primary amides is 1. The van der Waals surface area contributed by atoms with Crippen LogP contribution in [0.5, 0.6) is 23.0 Å². The van der Waals surface area contributed by atoms with Crippen molar-refractivity contribution in [1.82, 2.24) is 5.32 Å². The summed E-state index contributed by atoms with van der Waals surface area (Å²) < 4.78 is 21.1. The summed E-state index contributed by atoms with van der Waals surface area (Å²) in [5.74, 6) is 0.399. The molecule has 144 valence electrons. The molecule has 2 amide bonds. The van der Waals surface area contributed by atoms with Gasteiger partial charge in [-0.25, -0.2) is 0 Å². The highest BCUT2D eigenvalue weighted by atomic mass is 16.5. The third kappa shape index (κ3) is 5.04. The number of amides is 2. The molecule has 0 aliphatic carbocycles. The van der Waals surface area contributed by atoms with Crippen LogP contribution in [0.25, 0.3) is 0 Å². The van der Waals surface area contributed by atoms with Gasteiger partial charge < -0.3 is 30.0 Å². The third-order valence-corrected chi connectivity index (χ3v) is 3.71. The van der Waals surface area contributed by atoms with Gasteiger partial charge in [-0.05, 0) is 18.2 Å². The van der Waals surface area contributed by atoms with Crippen LogP contribution in [0, 0.1) is 0 Å². The van der Waals surface area contributed by atoms with Crippen molar-refractivity contribution in [2.75, 3.05) is 27.9 Å². The number of para-hydroxylation sites is 1. The van der Waals surface area contributed by atoms with Crippen molar-refractivity contribution in [2.45, 2.75) is 6.54 Å². The molecule has 0 saturated carbocycles. The Kier molecular flexibility index (Phi) is 6.87. The molecule has 0 aromatic heterocycles. The average molecular weight is 374 g/mol. The Labute approximate surface area is 157 Å². The first kappa shape index (κ1) is 19.9. The van der Waals surface area contributed by atoms with Gasteiger partial charge in [-0.15, -0.1) is 0 Å². The number of nitrogens with two attached hydrogens (primary N) is 1. The minimum absolute atomic E-state index is 0.195. The summed E-state index contributed by atoms with van der Waals surface area (Å²) in [4.78, 5) is 23.5. The number of carbonyl (C=O) groups excluding carboxylic acids is 2. The van der Waals surface area contributed by atoms with Crippen molar-refractivity contribution < 1.29 is 28.5 Å². The van der Waals surface area contributed by atoms with Crippen LogP contribution in [0.15, 0.2) is 36.4 Å². The minimum Gasteiger partial charge on any atom is -0.496 e. The number of hydrogen-bond donors (Lipinski definition) is 2. The van der Waals surface area contributed by atoms with Crippen LogP contribution in [0.4, 0.5) is 0 Å². The molecule has 0 radical (unpaired) electrons. The van der Waals surface area contributed by atoms with Crippen molar-refractivity contribution in [1.29, 1.82) is 0 Å². The second kappa shape index (κ2) is 9.33. The molecule has 0 spiro atoms. The average Bonchev–Trinajstić information content (AvgIpc) is 2.69. The molecule has 2 rings (SSSR count). The second-order valence-corrected chi connectivity index (χ2v) is 5.46. The van der Waals surface area contributed by atoms with Crippen LogP contribution in [-0.2, 0) is 11.3 Å². The van der Waals surface area contributed by atoms with Crippen LogP contribution in [0.3, 0.4) is 0 Å². The maximum atomic E-state index is 12.6. The summed E-state index contributed by atoms with van der Waals surface area (Å²) in [6.45, 7) is -0.0561. The zero-order chi connectivity index (χ0) is 19.8. The lowest BCUT2D eigenvalue weighted by Crippen LogP contribution is -2.23. The molecule has 3 N–H and O–H groups in total. The summed E-state index contributed by atoms with van der Waals surface area (Å²) in [6.07, 6.45) is 0. The van der Waals surface area contributed by atoms with E-state index in [1.54, 1.807) is 7.11 Å². The van der Waals surface area contributed by atoms with E-state index in [0.717, 1.165) is 5.56 Å². The zero-order valence-corrected chi connectivity index (χ0v) is 15.4.